The fraction of sp³-hybridized carbons (Fsp3) is 0.273. The Labute approximate surface area is 155 Å². The van der Waals surface area contributed by atoms with Crippen LogP contribution in [-0.4, -0.2) is 5.91 Å². The average Bonchev–Trinajstić information content (AvgIpc) is 2.66. The van der Waals surface area contributed by atoms with Gasteiger partial charge >= 0.3 is 0 Å². The molecular formula is C22H25N3O. The Kier molecular flexibility index (Phi) is 7.45. The van der Waals surface area contributed by atoms with Gasteiger partial charge in [-0.2, -0.15) is 5.26 Å². The first-order valence-electron chi connectivity index (χ1n) is 8.92. The van der Waals surface area contributed by atoms with Crippen LogP contribution in [0.1, 0.15) is 36.5 Å². The number of anilines is 1. The third-order valence-corrected chi connectivity index (χ3v) is 4.20. The van der Waals surface area contributed by atoms with Crippen molar-refractivity contribution in [1.29, 1.82) is 5.26 Å². The Hall–Kier alpha value is -3.06. The second-order valence-corrected chi connectivity index (χ2v) is 6.23. The molecule has 2 aromatic carbocycles. The third-order valence-electron chi connectivity index (χ3n) is 4.20. The van der Waals surface area contributed by atoms with E-state index in [1.165, 1.54) is 17.3 Å². The first-order chi connectivity index (χ1) is 12.6. The number of hydrogen-bond donors (Lipinski definition) is 2. The van der Waals surface area contributed by atoms with Crippen molar-refractivity contribution in [2.24, 2.45) is 0 Å². The van der Waals surface area contributed by atoms with Crippen LogP contribution >= 0.6 is 0 Å². The van der Waals surface area contributed by atoms with Gasteiger partial charge in [0.05, 0.1) is 0 Å². The van der Waals surface area contributed by atoms with Crippen LogP contribution in [0.15, 0.2) is 60.3 Å². The molecule has 0 fully saturated rings. The molecule has 0 aromatic heterocycles. The SMILES string of the molecule is CCCCc1ccc(NC(=O)/C(C#N)=C\NCc2ccccc2C)cc1. The highest BCUT2D eigenvalue weighted by Crippen LogP contribution is 2.13. The minimum absolute atomic E-state index is 0.0497. The number of aryl methyl sites for hydroxylation is 2. The summed E-state index contributed by atoms with van der Waals surface area (Å²) in [4.78, 5) is 12.3. The smallest absolute Gasteiger partial charge is 0.267 e. The molecule has 2 rings (SSSR count). The summed E-state index contributed by atoms with van der Waals surface area (Å²) in [6, 6.07) is 17.7. The minimum atomic E-state index is -0.411. The Morgan fingerprint density at radius 2 is 1.88 bits per heavy atom. The molecule has 0 saturated heterocycles. The predicted octanol–water partition coefficient (Wildman–Crippen LogP) is 4.47. The van der Waals surface area contributed by atoms with Gasteiger partial charge in [0.2, 0.25) is 0 Å². The van der Waals surface area contributed by atoms with Crippen LogP contribution in [0, 0.1) is 18.3 Å². The zero-order chi connectivity index (χ0) is 18.8. The van der Waals surface area contributed by atoms with Crippen molar-refractivity contribution in [3.05, 3.63) is 77.0 Å². The summed E-state index contributed by atoms with van der Waals surface area (Å²) in [5.74, 6) is -0.411. The summed E-state index contributed by atoms with van der Waals surface area (Å²) in [5.41, 5.74) is 4.29. The van der Waals surface area contributed by atoms with Gasteiger partial charge in [-0.25, -0.2) is 0 Å². The van der Waals surface area contributed by atoms with E-state index in [9.17, 15) is 10.1 Å². The molecule has 0 aliphatic carbocycles. The summed E-state index contributed by atoms with van der Waals surface area (Å²) in [7, 11) is 0. The number of benzene rings is 2. The maximum Gasteiger partial charge on any atom is 0.267 e. The number of carbonyl (C=O) groups excluding carboxylic acids is 1. The van der Waals surface area contributed by atoms with E-state index in [2.05, 4.69) is 17.6 Å². The van der Waals surface area contributed by atoms with Crippen molar-refractivity contribution in [1.82, 2.24) is 5.32 Å². The van der Waals surface area contributed by atoms with E-state index < -0.39 is 5.91 Å². The van der Waals surface area contributed by atoms with Gasteiger partial charge in [0.25, 0.3) is 5.91 Å². The fourth-order valence-corrected chi connectivity index (χ4v) is 2.55. The highest BCUT2D eigenvalue weighted by molar-refractivity contribution is 6.06. The molecule has 0 atom stereocenters. The number of nitrogens with zero attached hydrogens (tertiary/aromatic N) is 1. The Bertz CT molecular complexity index is 801. The molecule has 2 aromatic rings. The molecule has 0 saturated carbocycles. The molecule has 1 amide bonds. The molecule has 4 nitrogen and oxygen atoms in total. The lowest BCUT2D eigenvalue weighted by Crippen LogP contribution is -2.16. The molecule has 0 heterocycles. The third kappa shape index (κ3) is 5.78. The van der Waals surface area contributed by atoms with E-state index >= 15 is 0 Å². The van der Waals surface area contributed by atoms with Crippen molar-refractivity contribution >= 4 is 11.6 Å². The average molecular weight is 347 g/mol. The van der Waals surface area contributed by atoms with Crippen molar-refractivity contribution < 1.29 is 4.79 Å². The number of hydrogen-bond acceptors (Lipinski definition) is 3. The molecule has 0 radical (unpaired) electrons. The fourth-order valence-electron chi connectivity index (χ4n) is 2.55. The lowest BCUT2D eigenvalue weighted by atomic mass is 10.1. The maximum atomic E-state index is 12.3. The molecule has 134 valence electrons. The Balaban J connectivity index is 1.93. The number of unbranched alkanes of at least 4 members (excludes halogenated alkanes) is 1. The van der Waals surface area contributed by atoms with Crippen molar-refractivity contribution in [3.63, 3.8) is 0 Å². The Morgan fingerprint density at radius 3 is 2.54 bits per heavy atom. The van der Waals surface area contributed by atoms with Gasteiger partial charge in [-0.15, -0.1) is 0 Å². The molecule has 4 heteroatoms. The van der Waals surface area contributed by atoms with Gasteiger partial charge in [-0.05, 0) is 48.6 Å². The van der Waals surface area contributed by atoms with Crippen LogP contribution in [-0.2, 0) is 17.8 Å². The minimum Gasteiger partial charge on any atom is -0.386 e. The Morgan fingerprint density at radius 1 is 1.15 bits per heavy atom. The van der Waals surface area contributed by atoms with Gasteiger partial charge in [0, 0.05) is 18.4 Å². The second-order valence-electron chi connectivity index (χ2n) is 6.23. The van der Waals surface area contributed by atoms with Crippen molar-refractivity contribution in [3.8, 4) is 6.07 Å². The number of nitrogens with one attached hydrogen (secondary N) is 2. The zero-order valence-electron chi connectivity index (χ0n) is 15.4. The standard InChI is InChI=1S/C22H25N3O/c1-3-4-8-18-10-12-21(13-11-18)25-22(26)20(14-23)16-24-15-19-9-6-5-7-17(19)2/h5-7,9-13,16,24H,3-4,8,15H2,1-2H3,(H,25,26)/b20-16-. The molecule has 0 aliphatic rings. The first kappa shape index (κ1) is 19.3. The van der Waals surface area contributed by atoms with E-state index in [0.717, 1.165) is 24.8 Å². The molecule has 2 N–H and O–H groups in total. The number of nitriles is 1. The highest BCUT2D eigenvalue weighted by Gasteiger charge is 2.09. The molecular weight excluding hydrogens is 322 g/mol. The summed E-state index contributed by atoms with van der Waals surface area (Å²) in [5, 5.41) is 15.1. The number of rotatable bonds is 8. The number of amides is 1. The van der Waals surface area contributed by atoms with Gasteiger partial charge in [0.1, 0.15) is 11.6 Å². The molecule has 0 spiro atoms. The summed E-state index contributed by atoms with van der Waals surface area (Å²) >= 11 is 0. The summed E-state index contributed by atoms with van der Waals surface area (Å²) in [6.07, 6.45) is 4.82. The molecule has 0 bridgehead atoms. The van der Waals surface area contributed by atoms with Crippen LogP contribution in [0.5, 0.6) is 0 Å². The lowest BCUT2D eigenvalue weighted by molar-refractivity contribution is -0.112. The van der Waals surface area contributed by atoms with Crippen LogP contribution in [0.4, 0.5) is 5.69 Å². The first-order valence-corrected chi connectivity index (χ1v) is 8.92. The van der Waals surface area contributed by atoms with Crippen molar-refractivity contribution in [2.45, 2.75) is 39.7 Å². The lowest BCUT2D eigenvalue weighted by Gasteiger charge is -2.07. The molecule has 0 aliphatic heterocycles. The van der Waals surface area contributed by atoms with E-state index in [-0.39, 0.29) is 5.57 Å². The van der Waals surface area contributed by atoms with Crippen LogP contribution in [0.25, 0.3) is 0 Å². The van der Waals surface area contributed by atoms with Gasteiger partial charge in [0.15, 0.2) is 0 Å². The predicted molar refractivity (Wildman–Crippen MR) is 105 cm³/mol. The van der Waals surface area contributed by atoms with E-state index in [0.29, 0.717) is 12.2 Å². The maximum absolute atomic E-state index is 12.3. The van der Waals surface area contributed by atoms with Gasteiger partial charge in [-0.3, -0.25) is 4.79 Å². The largest absolute Gasteiger partial charge is 0.386 e. The van der Waals surface area contributed by atoms with Gasteiger partial charge in [-0.1, -0.05) is 49.7 Å². The topological polar surface area (TPSA) is 64.9 Å². The van der Waals surface area contributed by atoms with E-state index in [1.54, 1.807) is 0 Å². The monoisotopic (exact) mass is 347 g/mol. The van der Waals surface area contributed by atoms with E-state index in [1.807, 2.05) is 61.5 Å². The normalized spacial score (nSPS) is 10.9. The van der Waals surface area contributed by atoms with Gasteiger partial charge < -0.3 is 10.6 Å². The highest BCUT2D eigenvalue weighted by atomic mass is 16.1. The second kappa shape index (κ2) is 10.0. The van der Waals surface area contributed by atoms with E-state index in [4.69, 9.17) is 0 Å². The number of carbonyl (C=O) groups is 1. The van der Waals surface area contributed by atoms with Crippen molar-refractivity contribution in [2.75, 3.05) is 5.32 Å². The summed E-state index contributed by atoms with van der Waals surface area (Å²) in [6.45, 7) is 4.76. The molecule has 0 unspecified atom stereocenters. The summed E-state index contributed by atoms with van der Waals surface area (Å²) < 4.78 is 0. The van der Waals surface area contributed by atoms with Crippen LogP contribution in [0.2, 0.25) is 0 Å². The van der Waals surface area contributed by atoms with Crippen LogP contribution in [0.3, 0.4) is 0 Å². The van der Waals surface area contributed by atoms with Crippen LogP contribution < -0.4 is 10.6 Å². The zero-order valence-corrected chi connectivity index (χ0v) is 15.4. The quantitative estimate of drug-likeness (QED) is 0.547. The molecule has 26 heavy (non-hydrogen) atoms.